The zero-order valence-electron chi connectivity index (χ0n) is 18.7. The lowest BCUT2D eigenvalue weighted by Gasteiger charge is -2.29. The maximum atomic E-state index is 13.3. The third kappa shape index (κ3) is 6.03. The summed E-state index contributed by atoms with van der Waals surface area (Å²) in [6.07, 6.45) is 0. The van der Waals surface area contributed by atoms with E-state index >= 15 is 0 Å². The van der Waals surface area contributed by atoms with Crippen molar-refractivity contribution in [1.29, 1.82) is 5.26 Å². The molecule has 3 N–H and O–H groups in total. The predicted molar refractivity (Wildman–Crippen MR) is 146 cm³/mol. The number of carbonyl (C=O) groups excluding carboxylic acids is 2. The highest BCUT2D eigenvalue weighted by Gasteiger charge is 2.35. The molecule has 35 heavy (non-hydrogen) atoms. The van der Waals surface area contributed by atoms with Crippen LogP contribution in [0.1, 0.15) is 17.7 Å². The van der Waals surface area contributed by atoms with Gasteiger partial charge in [0.25, 0.3) is 5.91 Å². The first-order valence-corrected chi connectivity index (χ1v) is 13.3. The summed E-state index contributed by atoms with van der Waals surface area (Å²) in [5.74, 6) is -0.878. The lowest BCUT2D eigenvalue weighted by molar-refractivity contribution is -0.114. The van der Waals surface area contributed by atoms with Gasteiger partial charge in [-0.15, -0.1) is 11.3 Å². The van der Waals surface area contributed by atoms with Gasteiger partial charge in [0.15, 0.2) is 0 Å². The monoisotopic (exact) mass is 564 g/mol. The lowest BCUT2D eigenvalue weighted by atomic mass is 9.86. The van der Waals surface area contributed by atoms with Crippen LogP contribution in [0.4, 0.5) is 11.4 Å². The van der Waals surface area contributed by atoms with Gasteiger partial charge in [0.2, 0.25) is 5.91 Å². The first kappa shape index (κ1) is 24.8. The number of amides is 2. The smallest absolute Gasteiger partial charge is 0.254 e. The fourth-order valence-electron chi connectivity index (χ4n) is 3.66. The number of para-hydroxylation sites is 1. The molecule has 3 aromatic rings. The number of anilines is 2. The number of allylic oxidation sites excluding steroid dienone is 2. The molecule has 2 heterocycles. The Kier molecular flexibility index (Phi) is 8.08. The van der Waals surface area contributed by atoms with E-state index in [0.29, 0.717) is 33.2 Å². The van der Waals surface area contributed by atoms with E-state index in [2.05, 4.69) is 37.9 Å². The summed E-state index contributed by atoms with van der Waals surface area (Å²) >= 11 is 6.11. The van der Waals surface area contributed by atoms with Crippen LogP contribution < -0.4 is 16.0 Å². The van der Waals surface area contributed by atoms with Crippen LogP contribution in [0.15, 0.2) is 98.5 Å². The quantitative estimate of drug-likeness (QED) is 0.317. The molecule has 0 aliphatic carbocycles. The van der Waals surface area contributed by atoms with Gasteiger partial charge in [-0.1, -0.05) is 52.0 Å². The second-order valence-corrected chi connectivity index (χ2v) is 10.5. The van der Waals surface area contributed by atoms with E-state index < -0.39 is 5.92 Å². The number of thiophene rings is 1. The number of hydrogen-bond acceptors (Lipinski definition) is 6. The number of halogens is 1. The second-order valence-electron chi connectivity index (χ2n) is 7.63. The molecule has 0 saturated carbocycles. The van der Waals surface area contributed by atoms with Crippen molar-refractivity contribution >= 4 is 62.2 Å². The molecule has 9 heteroatoms. The molecule has 2 amide bonds. The number of hydrogen-bond donors (Lipinski definition) is 3. The summed E-state index contributed by atoms with van der Waals surface area (Å²) in [6, 6.07) is 22.6. The predicted octanol–water partition coefficient (Wildman–Crippen LogP) is 6.22. The lowest BCUT2D eigenvalue weighted by Crippen LogP contribution is -2.30. The fraction of sp³-hybridized carbons (Fsp3) is 0.115. The molecular formula is C26H21BrN4O2S2. The standard InChI is InChI=1S/C26H21BrN4O2S2/c1-16-23(25(33)31-18-6-3-2-4-7-18)24(21-8-5-13-34-21)20(14-28)26(29-16)35-15-22(32)30-19-11-9-17(27)10-12-19/h2-13,24,29H,15H2,1H3,(H,30,32)(H,31,33)/t24-/m0/s1. The molecular weight excluding hydrogens is 544 g/mol. The number of rotatable bonds is 7. The highest BCUT2D eigenvalue weighted by atomic mass is 79.9. The Morgan fingerprint density at radius 3 is 2.43 bits per heavy atom. The summed E-state index contributed by atoms with van der Waals surface area (Å²) < 4.78 is 0.925. The van der Waals surface area contributed by atoms with E-state index in [0.717, 1.165) is 9.35 Å². The van der Waals surface area contributed by atoms with Gasteiger partial charge in [-0.25, -0.2) is 0 Å². The molecule has 0 unspecified atom stereocenters. The van der Waals surface area contributed by atoms with Gasteiger partial charge < -0.3 is 16.0 Å². The van der Waals surface area contributed by atoms with Crippen molar-refractivity contribution in [3.05, 3.63) is 103 Å². The molecule has 1 aromatic heterocycles. The number of nitriles is 1. The Balaban J connectivity index is 1.57. The van der Waals surface area contributed by atoms with Crippen molar-refractivity contribution in [3.8, 4) is 6.07 Å². The zero-order valence-corrected chi connectivity index (χ0v) is 21.9. The average molecular weight is 566 g/mol. The number of benzene rings is 2. The fourth-order valence-corrected chi connectivity index (χ4v) is 5.65. The number of nitrogens with one attached hydrogen (secondary N) is 3. The summed E-state index contributed by atoms with van der Waals surface area (Å²) in [7, 11) is 0. The minimum Gasteiger partial charge on any atom is -0.353 e. The minimum atomic E-state index is -0.526. The van der Waals surface area contributed by atoms with Gasteiger partial charge >= 0.3 is 0 Å². The SMILES string of the molecule is CC1=C(C(=O)Nc2ccccc2)[C@H](c2cccs2)C(C#N)=C(SCC(=O)Nc2ccc(Br)cc2)N1. The molecule has 6 nitrogen and oxygen atoms in total. The topological polar surface area (TPSA) is 94.0 Å². The van der Waals surface area contributed by atoms with Crippen LogP contribution in [0.3, 0.4) is 0 Å². The van der Waals surface area contributed by atoms with Gasteiger partial charge in [0.1, 0.15) is 0 Å². The van der Waals surface area contributed by atoms with Crippen molar-refractivity contribution < 1.29 is 9.59 Å². The maximum absolute atomic E-state index is 13.3. The number of dihydropyridines is 1. The molecule has 1 aliphatic heterocycles. The van der Waals surface area contributed by atoms with E-state index in [1.807, 2.05) is 79.0 Å². The van der Waals surface area contributed by atoms with Gasteiger partial charge in [0, 0.05) is 32.0 Å². The van der Waals surface area contributed by atoms with Crippen LogP contribution in [0.2, 0.25) is 0 Å². The molecule has 176 valence electrons. The van der Waals surface area contributed by atoms with Crippen LogP contribution >= 0.6 is 39.0 Å². The molecule has 1 aliphatic rings. The molecule has 1 atom stereocenters. The van der Waals surface area contributed by atoms with Gasteiger partial charge in [-0.05, 0) is 54.8 Å². The largest absolute Gasteiger partial charge is 0.353 e. The molecule has 0 saturated heterocycles. The Hall–Kier alpha value is -3.32. The average Bonchev–Trinajstić information content (AvgIpc) is 3.39. The summed E-state index contributed by atoms with van der Waals surface area (Å²) in [4.78, 5) is 26.8. The van der Waals surface area contributed by atoms with Crippen LogP contribution in [-0.4, -0.2) is 17.6 Å². The third-order valence-corrected chi connectivity index (χ3v) is 7.71. The first-order chi connectivity index (χ1) is 17.0. The van der Waals surface area contributed by atoms with Crippen LogP contribution in [0.25, 0.3) is 0 Å². The maximum Gasteiger partial charge on any atom is 0.254 e. The highest BCUT2D eigenvalue weighted by molar-refractivity contribution is 9.10. The first-order valence-electron chi connectivity index (χ1n) is 10.7. The van der Waals surface area contributed by atoms with Crippen molar-refractivity contribution in [2.45, 2.75) is 12.8 Å². The zero-order chi connectivity index (χ0) is 24.8. The van der Waals surface area contributed by atoms with E-state index in [1.54, 1.807) is 0 Å². The van der Waals surface area contributed by atoms with Gasteiger partial charge in [0.05, 0.1) is 28.3 Å². The number of thioether (sulfide) groups is 1. The molecule has 4 rings (SSSR count). The molecule has 0 radical (unpaired) electrons. The van der Waals surface area contributed by atoms with Crippen molar-refractivity contribution in [2.75, 3.05) is 16.4 Å². The Morgan fingerprint density at radius 2 is 1.77 bits per heavy atom. The Bertz CT molecular complexity index is 1330. The molecule has 0 bridgehead atoms. The summed E-state index contributed by atoms with van der Waals surface area (Å²) in [6.45, 7) is 1.82. The third-order valence-electron chi connectivity index (χ3n) is 5.23. The van der Waals surface area contributed by atoms with Crippen LogP contribution in [0.5, 0.6) is 0 Å². The van der Waals surface area contributed by atoms with E-state index in [9.17, 15) is 14.9 Å². The Labute approximate surface area is 220 Å². The number of carbonyl (C=O) groups is 2. The van der Waals surface area contributed by atoms with Crippen LogP contribution in [-0.2, 0) is 9.59 Å². The summed E-state index contributed by atoms with van der Waals surface area (Å²) in [5, 5.41) is 21.6. The Morgan fingerprint density at radius 1 is 1.06 bits per heavy atom. The van der Waals surface area contributed by atoms with Crippen molar-refractivity contribution in [3.63, 3.8) is 0 Å². The van der Waals surface area contributed by atoms with Gasteiger partial charge in [-0.3, -0.25) is 9.59 Å². The van der Waals surface area contributed by atoms with E-state index in [4.69, 9.17) is 0 Å². The molecule has 2 aromatic carbocycles. The number of nitrogens with zero attached hydrogens (tertiary/aromatic N) is 1. The molecule has 0 fully saturated rings. The summed E-state index contributed by atoms with van der Waals surface area (Å²) in [5.41, 5.74) is 2.91. The van der Waals surface area contributed by atoms with Crippen molar-refractivity contribution in [1.82, 2.24) is 5.32 Å². The minimum absolute atomic E-state index is 0.111. The molecule has 0 spiro atoms. The van der Waals surface area contributed by atoms with Crippen LogP contribution in [0, 0.1) is 11.3 Å². The normalized spacial score (nSPS) is 15.3. The van der Waals surface area contributed by atoms with E-state index in [1.165, 1.54) is 23.1 Å². The van der Waals surface area contributed by atoms with Crippen molar-refractivity contribution in [2.24, 2.45) is 0 Å². The van der Waals surface area contributed by atoms with E-state index in [-0.39, 0.29) is 17.6 Å². The highest BCUT2D eigenvalue weighted by Crippen LogP contribution is 2.42. The van der Waals surface area contributed by atoms with Gasteiger partial charge in [-0.2, -0.15) is 5.26 Å². The second kappa shape index (κ2) is 11.4.